The molecule has 0 aromatic heterocycles. The summed E-state index contributed by atoms with van der Waals surface area (Å²) < 4.78 is 116. The van der Waals surface area contributed by atoms with Crippen LogP contribution in [0.25, 0.3) is 0 Å². The molecule has 0 atom stereocenters. The summed E-state index contributed by atoms with van der Waals surface area (Å²) in [5.74, 6) is -0.0580. The lowest BCUT2D eigenvalue weighted by Gasteiger charge is -2.02. The minimum absolute atomic E-state index is 0.0580. The smallest absolute Gasteiger partial charge is 0.115 e. The van der Waals surface area contributed by atoms with E-state index in [0.717, 1.165) is 0 Å². The summed E-state index contributed by atoms with van der Waals surface area (Å²) in [6.07, 6.45) is -23.6. The van der Waals surface area contributed by atoms with E-state index in [-0.39, 0.29) is 12.2 Å². The molecule has 1 heteroatoms. The van der Waals surface area contributed by atoms with Crippen LogP contribution in [0.3, 0.4) is 0 Å². The number of aromatic hydroxyl groups is 1. The van der Waals surface area contributed by atoms with Gasteiger partial charge in [-0.15, -0.1) is 0 Å². The molecular formula is C15H24O. The first-order valence-corrected chi connectivity index (χ1v) is 4.75. The first-order chi connectivity index (χ1) is 13.5. The number of hydrogen-bond donors (Lipinski definition) is 1. The Balaban J connectivity index is 3.35. The van der Waals surface area contributed by atoms with Crippen LogP contribution < -0.4 is 0 Å². The van der Waals surface area contributed by atoms with Gasteiger partial charge in [0.1, 0.15) is 5.75 Å². The fourth-order valence-corrected chi connectivity index (χ4v) is 1.07. The molecule has 1 rings (SSSR count). The summed E-state index contributed by atoms with van der Waals surface area (Å²) in [6.45, 7) is -3.70. The Bertz CT molecular complexity index is 764. The van der Waals surface area contributed by atoms with E-state index in [9.17, 15) is 5.11 Å². The second-order valence-corrected chi connectivity index (χ2v) is 2.97. The van der Waals surface area contributed by atoms with Crippen LogP contribution in [0.4, 0.5) is 0 Å². The quantitative estimate of drug-likeness (QED) is 0.693. The summed E-state index contributed by atoms with van der Waals surface area (Å²) in [5, 5.41) is 9.28. The number of benzene rings is 1. The van der Waals surface area contributed by atoms with Gasteiger partial charge in [0.2, 0.25) is 0 Å². The van der Waals surface area contributed by atoms with Crippen LogP contribution >= 0.6 is 0 Å². The molecule has 0 saturated carbocycles. The second-order valence-electron chi connectivity index (χ2n) is 2.97. The molecule has 16 heavy (non-hydrogen) atoms. The maximum Gasteiger partial charge on any atom is 0.115 e. The van der Waals surface area contributed by atoms with Crippen LogP contribution in [0.5, 0.6) is 5.75 Å². The molecule has 0 spiro atoms. The zero-order valence-electron chi connectivity index (χ0n) is 23.7. The standard InChI is InChI=1S/C15H24O/c1-2-3-4-5-6-7-8-9-14-10-12-15(16)13-11-14/h10-13,16H,2-9H2,1H3/i1D3,2D2,3D2,4D2,5D2,6D2,7D2. The molecule has 90 valence electrons. The fraction of sp³-hybridized carbons (Fsp3) is 0.600. The average molecular weight is 235 g/mol. The van der Waals surface area contributed by atoms with Gasteiger partial charge in [0.25, 0.3) is 0 Å². The van der Waals surface area contributed by atoms with Gasteiger partial charge in [0.05, 0.1) is 0 Å². The predicted octanol–water partition coefficient (Wildman–Crippen LogP) is 4.69. The maximum absolute atomic E-state index is 9.28. The minimum Gasteiger partial charge on any atom is -0.508 e. The highest BCUT2D eigenvalue weighted by Gasteiger charge is 1.94. The SMILES string of the molecule is [2H]C([2H])([2H])C([2H])([2H])C([2H])([2H])C([2H])([2H])C([2H])([2H])C([2H])([2H])C([2H])([2H])CCc1ccc(O)cc1. The van der Waals surface area contributed by atoms with Crippen molar-refractivity contribution >= 4 is 0 Å². The number of rotatable bonds is 8. The summed E-state index contributed by atoms with van der Waals surface area (Å²) >= 11 is 0. The van der Waals surface area contributed by atoms with E-state index in [1.165, 1.54) is 24.3 Å². The van der Waals surface area contributed by atoms with Gasteiger partial charge in [-0.2, -0.15) is 0 Å². The monoisotopic (exact) mass is 235 g/mol. The summed E-state index contributed by atoms with van der Waals surface area (Å²) in [4.78, 5) is 0. The third kappa shape index (κ3) is 5.79. The molecule has 0 aliphatic carbocycles. The Kier molecular flexibility index (Phi) is 1.68. The van der Waals surface area contributed by atoms with Gasteiger partial charge in [0.15, 0.2) is 0 Å². The summed E-state index contributed by atoms with van der Waals surface area (Å²) in [6, 6.07) is 5.47. The largest absolute Gasteiger partial charge is 0.508 e. The van der Waals surface area contributed by atoms with Crippen molar-refractivity contribution in [1.82, 2.24) is 0 Å². The van der Waals surface area contributed by atoms with Gasteiger partial charge in [-0.25, -0.2) is 0 Å². The van der Waals surface area contributed by atoms with Crippen molar-refractivity contribution in [3.05, 3.63) is 29.8 Å². The molecule has 0 amide bonds. The molecular weight excluding hydrogens is 196 g/mol. The van der Waals surface area contributed by atoms with Crippen molar-refractivity contribution in [2.75, 3.05) is 0 Å². The van der Waals surface area contributed by atoms with Gasteiger partial charge in [-0.3, -0.25) is 0 Å². The molecule has 1 aromatic rings. The second kappa shape index (κ2) is 8.20. The zero-order valence-corrected chi connectivity index (χ0v) is 8.67. The lowest BCUT2D eigenvalue weighted by atomic mass is 10.0. The van der Waals surface area contributed by atoms with E-state index < -0.39 is 51.5 Å². The molecule has 0 aliphatic rings. The van der Waals surface area contributed by atoms with E-state index in [4.69, 9.17) is 20.6 Å². The van der Waals surface area contributed by atoms with Gasteiger partial charge in [0, 0.05) is 20.6 Å². The first kappa shape index (κ1) is 3.28. The maximum atomic E-state index is 9.28. The van der Waals surface area contributed by atoms with E-state index in [1.54, 1.807) is 0 Å². The Morgan fingerprint density at radius 3 is 2.50 bits per heavy atom. The van der Waals surface area contributed by atoms with Crippen molar-refractivity contribution < 1.29 is 25.7 Å². The van der Waals surface area contributed by atoms with Crippen LogP contribution in [-0.4, -0.2) is 5.11 Å². The number of phenols is 1. The van der Waals surface area contributed by atoms with Gasteiger partial charge in [-0.1, -0.05) is 57.2 Å². The van der Waals surface area contributed by atoms with Crippen molar-refractivity contribution in [3.63, 3.8) is 0 Å². The highest BCUT2D eigenvalue weighted by atomic mass is 16.3. The van der Waals surface area contributed by atoms with Crippen LogP contribution in [0, 0.1) is 0 Å². The first-order valence-electron chi connectivity index (χ1n) is 12.3. The minimum atomic E-state index is -4.09. The highest BCUT2D eigenvalue weighted by Crippen LogP contribution is 2.13. The van der Waals surface area contributed by atoms with E-state index in [1.807, 2.05) is 0 Å². The van der Waals surface area contributed by atoms with Crippen molar-refractivity contribution in [3.8, 4) is 5.75 Å². The van der Waals surface area contributed by atoms with Crippen molar-refractivity contribution in [1.29, 1.82) is 0 Å². The molecule has 1 nitrogen and oxygen atoms in total. The molecule has 0 heterocycles. The molecule has 0 bridgehead atoms. The number of phenolic OH excluding ortho intramolecular Hbond substituents is 1. The van der Waals surface area contributed by atoms with Gasteiger partial charge < -0.3 is 5.11 Å². The summed E-state index contributed by atoms with van der Waals surface area (Å²) in [7, 11) is 0. The fourth-order valence-electron chi connectivity index (χ4n) is 1.07. The van der Waals surface area contributed by atoms with Crippen LogP contribution in [-0.2, 0) is 6.42 Å². The Morgan fingerprint density at radius 1 is 1.06 bits per heavy atom. The molecule has 0 aliphatic heterocycles. The topological polar surface area (TPSA) is 20.2 Å². The van der Waals surface area contributed by atoms with Crippen LogP contribution in [0.15, 0.2) is 24.3 Å². The third-order valence-electron chi connectivity index (χ3n) is 1.81. The molecule has 0 unspecified atom stereocenters. The number of hydrogen-bond acceptors (Lipinski definition) is 1. The Hall–Kier alpha value is -0.980. The van der Waals surface area contributed by atoms with Crippen molar-refractivity contribution in [2.24, 2.45) is 0 Å². The predicted molar refractivity (Wildman–Crippen MR) is 69.8 cm³/mol. The van der Waals surface area contributed by atoms with Gasteiger partial charge >= 0.3 is 0 Å². The van der Waals surface area contributed by atoms with E-state index in [2.05, 4.69) is 0 Å². The molecule has 0 saturated heterocycles. The Morgan fingerprint density at radius 2 is 1.75 bits per heavy atom. The zero-order chi connectivity index (χ0) is 24.9. The molecule has 0 radical (unpaired) electrons. The Labute approximate surface area is 121 Å². The normalized spacial score (nSPS) is 30.6. The number of aryl methyl sites for hydroxylation is 1. The van der Waals surface area contributed by atoms with E-state index >= 15 is 0 Å². The van der Waals surface area contributed by atoms with E-state index in [0.29, 0.717) is 5.56 Å². The van der Waals surface area contributed by atoms with Crippen LogP contribution in [0.2, 0.25) is 0 Å². The molecule has 1 aromatic carbocycles. The highest BCUT2D eigenvalue weighted by molar-refractivity contribution is 5.25. The molecule has 1 N–H and O–H groups in total. The molecule has 0 fully saturated rings. The summed E-state index contributed by atoms with van der Waals surface area (Å²) in [5.41, 5.74) is 0.468. The van der Waals surface area contributed by atoms with Gasteiger partial charge in [-0.05, 0) is 30.5 Å². The average Bonchev–Trinajstić information content (AvgIpc) is 2.59. The lowest BCUT2D eigenvalue weighted by molar-refractivity contribution is 0.475. The lowest BCUT2D eigenvalue weighted by Crippen LogP contribution is -1.85. The van der Waals surface area contributed by atoms with Crippen molar-refractivity contribution in [2.45, 2.75) is 57.9 Å². The third-order valence-corrected chi connectivity index (χ3v) is 1.81. The van der Waals surface area contributed by atoms with Crippen LogP contribution in [0.1, 0.15) is 77.6 Å².